The summed E-state index contributed by atoms with van der Waals surface area (Å²) >= 11 is 0. The van der Waals surface area contributed by atoms with Gasteiger partial charge in [0.15, 0.2) is 5.67 Å². The summed E-state index contributed by atoms with van der Waals surface area (Å²) in [6, 6.07) is 27.9. The Morgan fingerprint density at radius 1 is 0.450 bits per heavy atom. The lowest BCUT2D eigenvalue weighted by Gasteiger charge is -2.27. The lowest BCUT2D eigenvalue weighted by molar-refractivity contribution is 0.281. The molecule has 0 heterocycles. The van der Waals surface area contributed by atoms with Crippen LogP contribution in [0.4, 0.5) is 4.39 Å². The zero-order chi connectivity index (χ0) is 13.8. The fourth-order valence-electron chi connectivity index (χ4n) is 2.50. The van der Waals surface area contributed by atoms with Crippen molar-refractivity contribution in [3.8, 4) is 0 Å². The zero-order valence-corrected chi connectivity index (χ0v) is 11.0. The molecule has 0 aliphatic heterocycles. The number of hydrogen-bond donors (Lipinski definition) is 0. The normalized spacial score (nSPS) is 11.2. The van der Waals surface area contributed by atoms with Gasteiger partial charge in [-0.2, -0.15) is 0 Å². The third-order valence-electron chi connectivity index (χ3n) is 3.51. The third kappa shape index (κ3) is 2.12. The Bertz CT molecular complexity index is 563. The van der Waals surface area contributed by atoms with Gasteiger partial charge in [-0.3, -0.25) is 0 Å². The van der Waals surface area contributed by atoms with Crippen molar-refractivity contribution < 1.29 is 4.39 Å². The Labute approximate surface area is 118 Å². The first-order valence-corrected chi connectivity index (χ1v) is 6.67. The first kappa shape index (κ1) is 12.6. The Morgan fingerprint density at radius 2 is 0.700 bits per heavy atom. The molecule has 0 nitrogen and oxygen atoms in total. The molecule has 0 unspecified atom stereocenters. The van der Waals surface area contributed by atoms with Crippen LogP contribution in [0.1, 0.15) is 16.7 Å². The van der Waals surface area contributed by atoms with Gasteiger partial charge in [-0.25, -0.2) is 4.39 Å². The highest BCUT2D eigenvalue weighted by atomic mass is 19.1. The van der Waals surface area contributed by atoms with Crippen LogP contribution < -0.4 is 0 Å². The summed E-state index contributed by atoms with van der Waals surface area (Å²) in [5, 5.41) is 0. The number of halogens is 1. The number of rotatable bonds is 3. The maximum Gasteiger partial charge on any atom is 0.186 e. The van der Waals surface area contributed by atoms with Gasteiger partial charge in [-0.05, 0) is 16.7 Å². The molecule has 3 rings (SSSR count). The van der Waals surface area contributed by atoms with Crippen LogP contribution in [0, 0.1) is 0 Å². The van der Waals surface area contributed by atoms with Crippen LogP contribution in [0.25, 0.3) is 0 Å². The first-order valence-electron chi connectivity index (χ1n) is 6.67. The van der Waals surface area contributed by atoms with Crippen molar-refractivity contribution in [3.05, 3.63) is 108 Å². The molecule has 0 N–H and O–H groups in total. The Balaban J connectivity index is 2.24. The van der Waals surface area contributed by atoms with Crippen molar-refractivity contribution >= 4 is 0 Å². The largest absolute Gasteiger partial charge is 0.228 e. The zero-order valence-electron chi connectivity index (χ0n) is 11.0. The first-order chi connectivity index (χ1) is 9.82. The van der Waals surface area contributed by atoms with E-state index >= 15 is 4.39 Å². The van der Waals surface area contributed by atoms with E-state index in [1.165, 1.54) is 0 Å². The summed E-state index contributed by atoms with van der Waals surface area (Å²) in [4.78, 5) is 0. The molecule has 0 fully saturated rings. The van der Waals surface area contributed by atoms with Gasteiger partial charge < -0.3 is 0 Å². The lowest BCUT2D eigenvalue weighted by Crippen LogP contribution is -2.23. The molecule has 0 saturated carbocycles. The van der Waals surface area contributed by atoms with Crippen LogP contribution in [0.3, 0.4) is 0 Å². The summed E-state index contributed by atoms with van der Waals surface area (Å²) in [6.07, 6.45) is 0. The minimum Gasteiger partial charge on any atom is -0.228 e. The fraction of sp³-hybridized carbons (Fsp3) is 0.0526. The quantitative estimate of drug-likeness (QED) is 0.586. The van der Waals surface area contributed by atoms with Crippen molar-refractivity contribution in [2.45, 2.75) is 5.67 Å². The van der Waals surface area contributed by atoms with Crippen LogP contribution >= 0.6 is 0 Å². The molecular formula is C19H15F. The molecule has 0 aromatic heterocycles. The van der Waals surface area contributed by atoms with E-state index in [-0.39, 0.29) is 0 Å². The van der Waals surface area contributed by atoms with E-state index in [1.54, 1.807) is 0 Å². The van der Waals surface area contributed by atoms with Crippen LogP contribution in [0.5, 0.6) is 0 Å². The van der Waals surface area contributed by atoms with Gasteiger partial charge >= 0.3 is 0 Å². The fourth-order valence-corrected chi connectivity index (χ4v) is 2.50. The van der Waals surface area contributed by atoms with Crippen molar-refractivity contribution in [1.29, 1.82) is 0 Å². The predicted molar refractivity (Wildman–Crippen MR) is 80.3 cm³/mol. The molecule has 0 saturated heterocycles. The van der Waals surface area contributed by atoms with Gasteiger partial charge in [0, 0.05) is 0 Å². The SMILES string of the molecule is FC(c1ccccc1)(c1ccccc1)c1ccccc1. The standard InChI is InChI=1S/C19H15F/c20-19(16-10-4-1-5-11-16,17-12-6-2-7-13-17)18-14-8-3-9-15-18/h1-15H. The monoisotopic (exact) mass is 262 g/mol. The van der Waals surface area contributed by atoms with Crippen LogP contribution in [-0.2, 0) is 5.67 Å². The van der Waals surface area contributed by atoms with E-state index in [1.807, 2.05) is 91.0 Å². The molecule has 0 bridgehead atoms. The third-order valence-corrected chi connectivity index (χ3v) is 3.51. The van der Waals surface area contributed by atoms with Crippen molar-refractivity contribution in [2.75, 3.05) is 0 Å². The Hall–Kier alpha value is -2.41. The van der Waals surface area contributed by atoms with E-state index in [9.17, 15) is 0 Å². The van der Waals surface area contributed by atoms with Crippen molar-refractivity contribution in [3.63, 3.8) is 0 Å². The summed E-state index contributed by atoms with van der Waals surface area (Å²) in [6.45, 7) is 0. The second-order valence-corrected chi connectivity index (χ2v) is 4.76. The van der Waals surface area contributed by atoms with Crippen LogP contribution in [0.15, 0.2) is 91.0 Å². The molecule has 0 atom stereocenters. The average Bonchev–Trinajstić information content (AvgIpc) is 2.56. The van der Waals surface area contributed by atoms with Gasteiger partial charge in [0.2, 0.25) is 0 Å². The lowest BCUT2D eigenvalue weighted by atomic mass is 9.82. The molecular weight excluding hydrogens is 247 g/mol. The molecule has 20 heavy (non-hydrogen) atoms. The Morgan fingerprint density at radius 3 is 0.950 bits per heavy atom. The average molecular weight is 262 g/mol. The highest BCUT2D eigenvalue weighted by Gasteiger charge is 2.35. The summed E-state index contributed by atoms with van der Waals surface area (Å²) in [5.74, 6) is 0. The molecule has 0 spiro atoms. The van der Waals surface area contributed by atoms with Crippen LogP contribution in [0.2, 0.25) is 0 Å². The number of benzene rings is 3. The molecule has 0 amide bonds. The van der Waals surface area contributed by atoms with E-state index in [0.29, 0.717) is 16.7 Å². The van der Waals surface area contributed by atoms with Gasteiger partial charge in [-0.15, -0.1) is 0 Å². The highest BCUT2D eigenvalue weighted by Crippen LogP contribution is 2.40. The molecule has 98 valence electrons. The summed E-state index contributed by atoms with van der Waals surface area (Å²) in [5.41, 5.74) is 0.330. The maximum atomic E-state index is 16.0. The minimum absolute atomic E-state index is 0.650. The van der Waals surface area contributed by atoms with Gasteiger partial charge in [-0.1, -0.05) is 91.0 Å². The number of hydrogen-bond acceptors (Lipinski definition) is 0. The molecule has 3 aromatic carbocycles. The topological polar surface area (TPSA) is 0 Å². The molecule has 3 aromatic rings. The molecule has 0 aliphatic rings. The smallest absolute Gasteiger partial charge is 0.186 e. The van der Waals surface area contributed by atoms with E-state index < -0.39 is 5.67 Å². The maximum absolute atomic E-state index is 16.0. The van der Waals surface area contributed by atoms with Gasteiger partial charge in [0.1, 0.15) is 0 Å². The molecule has 0 radical (unpaired) electrons. The van der Waals surface area contributed by atoms with E-state index in [4.69, 9.17) is 0 Å². The van der Waals surface area contributed by atoms with Crippen molar-refractivity contribution in [1.82, 2.24) is 0 Å². The number of alkyl halides is 1. The van der Waals surface area contributed by atoms with Gasteiger partial charge in [0.05, 0.1) is 0 Å². The second kappa shape index (κ2) is 5.30. The minimum atomic E-state index is -1.62. The van der Waals surface area contributed by atoms with E-state index in [2.05, 4.69) is 0 Å². The predicted octanol–water partition coefficient (Wildman–Crippen LogP) is 4.95. The van der Waals surface area contributed by atoms with Crippen LogP contribution in [-0.4, -0.2) is 0 Å². The Kier molecular flexibility index (Phi) is 3.34. The summed E-state index contributed by atoms with van der Waals surface area (Å²) < 4.78 is 16.0. The molecule has 1 heteroatoms. The highest BCUT2D eigenvalue weighted by molar-refractivity contribution is 5.46. The second-order valence-electron chi connectivity index (χ2n) is 4.76. The van der Waals surface area contributed by atoms with Crippen molar-refractivity contribution in [2.24, 2.45) is 0 Å². The summed E-state index contributed by atoms with van der Waals surface area (Å²) in [7, 11) is 0. The van der Waals surface area contributed by atoms with Gasteiger partial charge in [0.25, 0.3) is 0 Å². The molecule has 0 aliphatic carbocycles. The van der Waals surface area contributed by atoms with E-state index in [0.717, 1.165) is 0 Å².